The molecule has 1 unspecified atom stereocenters. The molecule has 4 aromatic rings. The van der Waals surface area contributed by atoms with Crippen LogP contribution in [0, 0.1) is 6.92 Å². The maximum absolute atomic E-state index is 12.9. The second-order valence-corrected chi connectivity index (χ2v) is 13.8. The lowest BCUT2D eigenvalue weighted by Crippen LogP contribution is -2.58. The van der Waals surface area contributed by atoms with Crippen LogP contribution in [0.15, 0.2) is 46.6 Å². The number of halogens is 2. The van der Waals surface area contributed by atoms with Crippen molar-refractivity contribution in [3.05, 3.63) is 73.3 Å². The minimum atomic E-state index is -0.798. The summed E-state index contributed by atoms with van der Waals surface area (Å²) in [5.41, 5.74) is 2.41. The molecule has 1 spiro atoms. The van der Waals surface area contributed by atoms with E-state index < -0.39 is 6.10 Å². The molecule has 4 N–H and O–H groups in total. The number of piperidine rings is 1. The van der Waals surface area contributed by atoms with Crippen LogP contribution in [0.1, 0.15) is 45.6 Å². The minimum Gasteiger partial charge on any atom is -0.506 e. The Balaban J connectivity index is 0.00000250. The van der Waals surface area contributed by atoms with Gasteiger partial charge in [0.2, 0.25) is 0 Å². The Morgan fingerprint density at radius 2 is 1.94 bits per heavy atom. The predicted molar refractivity (Wildman–Crippen MR) is 189 cm³/mol. The first-order chi connectivity index (χ1) is 21.8. The second-order valence-electron chi connectivity index (χ2n) is 11.7. The van der Waals surface area contributed by atoms with Gasteiger partial charge in [-0.2, -0.15) is 0 Å². The molecule has 1 atom stereocenters. The summed E-state index contributed by atoms with van der Waals surface area (Å²) in [6.07, 6.45) is 1.77. The molecule has 0 bridgehead atoms. The van der Waals surface area contributed by atoms with Crippen LogP contribution in [0.4, 0.5) is 0 Å². The normalized spacial score (nSPS) is 16.9. The molecule has 2 saturated heterocycles. The van der Waals surface area contributed by atoms with Crippen LogP contribution in [0.2, 0.25) is 0 Å². The molecule has 2 aliphatic rings. The first kappa shape index (κ1) is 37.1. The van der Waals surface area contributed by atoms with Gasteiger partial charge in [-0.1, -0.05) is 29.5 Å². The number of likely N-dealkylation sites (tertiary alicyclic amines) is 1. The van der Waals surface area contributed by atoms with Gasteiger partial charge in [-0.25, -0.2) is 4.98 Å². The topological polar surface area (TPSA) is 140 Å². The van der Waals surface area contributed by atoms with Crippen LogP contribution in [0.25, 0.3) is 10.2 Å². The Bertz CT molecular complexity index is 1670. The van der Waals surface area contributed by atoms with Crippen molar-refractivity contribution in [2.45, 2.75) is 37.9 Å². The van der Waals surface area contributed by atoms with Crippen LogP contribution in [0.5, 0.6) is 11.5 Å². The number of hydrogen-bond acceptors (Lipinski definition) is 11. The first-order valence-electron chi connectivity index (χ1n) is 15.3. The third-order valence-electron chi connectivity index (χ3n) is 8.62. The van der Waals surface area contributed by atoms with Crippen molar-refractivity contribution in [1.82, 2.24) is 25.1 Å². The van der Waals surface area contributed by atoms with Crippen molar-refractivity contribution in [3.8, 4) is 11.5 Å². The molecule has 15 heteroatoms. The number of hydrogen-bond donors (Lipinski definition) is 4. The fourth-order valence-corrected chi connectivity index (χ4v) is 7.56. The van der Waals surface area contributed by atoms with Gasteiger partial charge in [0.05, 0.1) is 34.6 Å². The molecule has 4 heterocycles. The third kappa shape index (κ3) is 9.04. The SMILES string of the molecule is Cc1nc(C(=O)N2CCOC3(CCN(CCOc4ccc(CCNCC(O)c5ccc(O)c6[nH]c(=O)sc56)cc4)CC3)C2)cs1.Cl.Cl. The van der Waals surface area contributed by atoms with E-state index in [2.05, 4.69) is 32.3 Å². The molecule has 2 aromatic heterocycles. The molecule has 0 radical (unpaired) electrons. The number of fused-ring (bicyclic) bond motifs is 1. The highest BCUT2D eigenvalue weighted by atomic mass is 35.5. The van der Waals surface area contributed by atoms with Gasteiger partial charge in [-0.15, -0.1) is 36.2 Å². The van der Waals surface area contributed by atoms with Gasteiger partial charge < -0.3 is 34.9 Å². The average molecular weight is 727 g/mol. The monoisotopic (exact) mass is 725 g/mol. The van der Waals surface area contributed by atoms with E-state index >= 15 is 0 Å². The Morgan fingerprint density at radius 3 is 2.66 bits per heavy atom. The highest BCUT2D eigenvalue weighted by molar-refractivity contribution is 7.16. The number of aromatic amines is 1. The number of aromatic nitrogens is 2. The zero-order valence-corrected chi connectivity index (χ0v) is 29.4. The Morgan fingerprint density at radius 1 is 1.17 bits per heavy atom. The van der Waals surface area contributed by atoms with Gasteiger partial charge in [0, 0.05) is 43.7 Å². The average Bonchev–Trinajstić information content (AvgIpc) is 3.66. The molecule has 0 saturated carbocycles. The van der Waals surface area contributed by atoms with Crippen molar-refractivity contribution in [3.63, 3.8) is 0 Å². The van der Waals surface area contributed by atoms with Crippen molar-refractivity contribution in [1.29, 1.82) is 0 Å². The lowest BCUT2D eigenvalue weighted by Gasteiger charge is -2.47. The third-order valence-corrected chi connectivity index (χ3v) is 10.3. The quantitative estimate of drug-likeness (QED) is 0.168. The van der Waals surface area contributed by atoms with E-state index in [4.69, 9.17) is 9.47 Å². The van der Waals surface area contributed by atoms with Gasteiger partial charge >= 0.3 is 4.87 Å². The number of aromatic hydroxyl groups is 1. The molecule has 6 rings (SSSR count). The Kier molecular flexibility index (Phi) is 13.1. The number of ether oxygens (including phenoxy) is 2. The number of rotatable bonds is 11. The molecule has 256 valence electrons. The largest absolute Gasteiger partial charge is 0.506 e. The Labute approximate surface area is 293 Å². The number of aliphatic hydroxyl groups excluding tert-OH is 1. The number of nitrogens with zero attached hydrogens (tertiary/aromatic N) is 3. The van der Waals surface area contributed by atoms with Crippen LogP contribution < -0.4 is 14.9 Å². The highest BCUT2D eigenvalue weighted by Gasteiger charge is 2.41. The molecular formula is C32H41Cl2N5O6S2. The molecule has 2 aromatic carbocycles. The van der Waals surface area contributed by atoms with E-state index in [-0.39, 0.29) is 46.9 Å². The van der Waals surface area contributed by atoms with Gasteiger partial charge in [-0.3, -0.25) is 14.5 Å². The van der Waals surface area contributed by atoms with Crippen molar-refractivity contribution >= 4 is 63.6 Å². The summed E-state index contributed by atoms with van der Waals surface area (Å²) in [4.78, 5) is 35.7. The summed E-state index contributed by atoms with van der Waals surface area (Å²) in [7, 11) is 0. The molecule has 0 aliphatic carbocycles. The van der Waals surface area contributed by atoms with Gasteiger partial charge in [-0.05, 0) is 56.5 Å². The van der Waals surface area contributed by atoms with E-state index in [9.17, 15) is 19.8 Å². The summed E-state index contributed by atoms with van der Waals surface area (Å²) >= 11 is 2.49. The minimum absolute atomic E-state index is 0. The van der Waals surface area contributed by atoms with Crippen LogP contribution in [-0.4, -0.2) is 101 Å². The number of H-pyrrole nitrogens is 1. The number of thiazole rings is 2. The number of amides is 1. The van der Waals surface area contributed by atoms with E-state index in [0.29, 0.717) is 60.9 Å². The van der Waals surface area contributed by atoms with E-state index in [1.54, 1.807) is 6.07 Å². The van der Waals surface area contributed by atoms with Crippen molar-refractivity contribution in [2.75, 3.05) is 59.0 Å². The number of morpholine rings is 1. The molecule has 2 fully saturated rings. The number of benzene rings is 2. The van der Waals surface area contributed by atoms with Crippen LogP contribution in [0.3, 0.4) is 0 Å². The standard InChI is InChI=1S/C32H39N5O6S2.2ClH/c1-21-34-25(19-44-21)30(40)37-15-17-43-32(20-37)9-12-36(13-10-32)14-16-42-23-4-2-22(3-5-23)8-11-33-18-27(39)24-6-7-26(38)28-29(24)45-31(41)35-28;;/h2-7,19,27,33,38-39H,8-18,20H2,1H3,(H,35,41);2*1H. The Hall–Kier alpha value is -2.75. The molecule has 11 nitrogen and oxygen atoms in total. The summed E-state index contributed by atoms with van der Waals surface area (Å²) in [5.74, 6) is 0.836. The molecule has 1 amide bonds. The van der Waals surface area contributed by atoms with Gasteiger partial charge in [0.25, 0.3) is 5.91 Å². The van der Waals surface area contributed by atoms with Crippen molar-refractivity contribution < 1.29 is 24.5 Å². The zero-order valence-electron chi connectivity index (χ0n) is 26.1. The molecule has 47 heavy (non-hydrogen) atoms. The fourth-order valence-electron chi connectivity index (χ4n) is 6.06. The second kappa shape index (κ2) is 16.6. The fraction of sp³-hybridized carbons (Fsp3) is 0.469. The number of aliphatic hydroxyl groups is 1. The maximum atomic E-state index is 12.9. The van der Waals surface area contributed by atoms with Crippen molar-refractivity contribution in [2.24, 2.45) is 0 Å². The number of nitrogens with one attached hydrogen (secondary N) is 2. The smallest absolute Gasteiger partial charge is 0.305 e. The van der Waals surface area contributed by atoms with E-state index in [1.165, 1.54) is 17.4 Å². The summed E-state index contributed by atoms with van der Waals surface area (Å²) in [5, 5.41) is 26.7. The zero-order chi connectivity index (χ0) is 31.4. The maximum Gasteiger partial charge on any atom is 0.305 e. The lowest BCUT2D eigenvalue weighted by molar-refractivity contribution is -0.127. The van der Waals surface area contributed by atoms with Gasteiger partial charge in [0.15, 0.2) is 0 Å². The summed E-state index contributed by atoms with van der Waals surface area (Å²) < 4.78 is 12.9. The first-order valence-corrected chi connectivity index (χ1v) is 17.0. The highest BCUT2D eigenvalue weighted by Crippen LogP contribution is 2.32. The van der Waals surface area contributed by atoms with E-state index in [1.807, 2.05) is 29.3 Å². The van der Waals surface area contributed by atoms with Crippen LogP contribution >= 0.6 is 47.5 Å². The number of carbonyl (C=O) groups is 1. The van der Waals surface area contributed by atoms with Crippen LogP contribution in [-0.2, 0) is 11.2 Å². The molecular weight excluding hydrogens is 685 g/mol. The number of carbonyl (C=O) groups excluding carboxylic acids is 1. The number of aryl methyl sites for hydroxylation is 1. The summed E-state index contributed by atoms with van der Waals surface area (Å²) in [6, 6.07) is 11.2. The summed E-state index contributed by atoms with van der Waals surface area (Å²) in [6.45, 7) is 7.97. The predicted octanol–water partition coefficient (Wildman–Crippen LogP) is 4.16. The lowest BCUT2D eigenvalue weighted by atomic mass is 9.89. The molecule has 2 aliphatic heterocycles. The number of phenolic OH excluding ortho intramolecular Hbond substituents is 1. The number of phenols is 1. The van der Waals surface area contributed by atoms with Gasteiger partial charge in [0.1, 0.15) is 29.3 Å². The van der Waals surface area contributed by atoms with E-state index in [0.717, 1.165) is 66.6 Å².